The Hall–Kier alpha value is -2.78. The molecule has 0 aliphatic carbocycles. The van der Waals surface area contributed by atoms with Crippen LogP contribution in [0, 0.1) is 0 Å². The molecule has 1 atom stereocenters. The summed E-state index contributed by atoms with van der Waals surface area (Å²) in [4.78, 5) is 27.9. The Morgan fingerprint density at radius 3 is 2.29 bits per heavy atom. The maximum atomic E-state index is 13.6. The van der Waals surface area contributed by atoms with E-state index in [9.17, 15) is 18.0 Å². The van der Waals surface area contributed by atoms with Gasteiger partial charge in [-0.1, -0.05) is 30.7 Å². The van der Waals surface area contributed by atoms with E-state index >= 15 is 0 Å². The van der Waals surface area contributed by atoms with E-state index in [0.29, 0.717) is 22.9 Å². The highest BCUT2D eigenvalue weighted by molar-refractivity contribution is 7.92. The van der Waals surface area contributed by atoms with Gasteiger partial charge in [-0.05, 0) is 62.2 Å². The van der Waals surface area contributed by atoms with Crippen LogP contribution in [0.15, 0.2) is 48.5 Å². The van der Waals surface area contributed by atoms with Crippen molar-refractivity contribution in [3.8, 4) is 5.75 Å². The van der Waals surface area contributed by atoms with Crippen LogP contribution in [0.5, 0.6) is 5.75 Å². The molecule has 186 valence electrons. The van der Waals surface area contributed by atoms with Crippen LogP contribution in [0.1, 0.15) is 32.8 Å². The average molecular weight is 510 g/mol. The van der Waals surface area contributed by atoms with E-state index in [2.05, 4.69) is 5.32 Å². The van der Waals surface area contributed by atoms with Crippen LogP contribution in [0.3, 0.4) is 0 Å². The Kier molecular flexibility index (Phi) is 9.76. The molecule has 0 saturated heterocycles. The second kappa shape index (κ2) is 12.1. The van der Waals surface area contributed by atoms with Gasteiger partial charge in [0.2, 0.25) is 21.8 Å². The minimum Gasteiger partial charge on any atom is -0.497 e. The summed E-state index contributed by atoms with van der Waals surface area (Å²) in [6.45, 7) is 5.13. The van der Waals surface area contributed by atoms with Gasteiger partial charge in [0, 0.05) is 17.6 Å². The predicted octanol–water partition coefficient (Wildman–Crippen LogP) is 3.45. The molecule has 0 aliphatic rings. The molecular weight excluding hydrogens is 478 g/mol. The van der Waals surface area contributed by atoms with Gasteiger partial charge in [-0.3, -0.25) is 13.9 Å². The number of ether oxygens (including phenoxy) is 1. The molecule has 0 aromatic heterocycles. The summed E-state index contributed by atoms with van der Waals surface area (Å²) in [6.07, 6.45) is 1.39. The SMILES string of the molecule is CC[C@H](C(=O)NC(C)C)N(Cc1cccc(OC)c1)C(=O)CN(c1ccc(Cl)cc1)S(C)(=O)=O. The quantitative estimate of drug-likeness (QED) is 0.500. The first-order valence-electron chi connectivity index (χ1n) is 10.9. The van der Waals surface area contributed by atoms with Gasteiger partial charge in [0.15, 0.2) is 0 Å². The van der Waals surface area contributed by atoms with Gasteiger partial charge in [0.05, 0.1) is 19.1 Å². The van der Waals surface area contributed by atoms with Crippen molar-refractivity contribution in [1.29, 1.82) is 0 Å². The van der Waals surface area contributed by atoms with Gasteiger partial charge in [-0.15, -0.1) is 0 Å². The number of halogens is 1. The predicted molar refractivity (Wildman–Crippen MR) is 135 cm³/mol. The molecule has 0 spiro atoms. The number of rotatable bonds is 11. The van der Waals surface area contributed by atoms with Crippen molar-refractivity contribution in [2.45, 2.75) is 45.8 Å². The Balaban J connectivity index is 2.44. The number of anilines is 1. The van der Waals surface area contributed by atoms with E-state index in [1.807, 2.05) is 26.8 Å². The lowest BCUT2D eigenvalue weighted by molar-refractivity contribution is -0.140. The van der Waals surface area contributed by atoms with Gasteiger partial charge in [0.1, 0.15) is 18.3 Å². The van der Waals surface area contributed by atoms with Gasteiger partial charge < -0.3 is 15.0 Å². The molecule has 0 aliphatic heterocycles. The standard InChI is InChI=1S/C24H32ClN3O5S/c1-6-22(24(30)26-17(2)3)27(15-18-8-7-9-21(14-18)33-4)23(29)16-28(34(5,31)32)20-12-10-19(25)11-13-20/h7-14,17,22H,6,15-16H2,1-5H3,(H,26,30)/t22-/m1/s1. The van der Waals surface area contributed by atoms with Crippen LogP contribution in [-0.4, -0.2) is 57.1 Å². The third kappa shape index (κ3) is 7.63. The molecule has 2 amide bonds. The van der Waals surface area contributed by atoms with Gasteiger partial charge in [-0.2, -0.15) is 0 Å². The molecule has 0 saturated carbocycles. The number of carbonyl (C=O) groups is 2. The number of nitrogens with zero attached hydrogens (tertiary/aromatic N) is 2. The molecule has 0 bridgehead atoms. The largest absolute Gasteiger partial charge is 0.497 e. The molecule has 8 nitrogen and oxygen atoms in total. The Morgan fingerprint density at radius 1 is 1.12 bits per heavy atom. The van der Waals surface area contributed by atoms with Crippen molar-refractivity contribution in [2.75, 3.05) is 24.2 Å². The van der Waals surface area contributed by atoms with E-state index in [4.69, 9.17) is 16.3 Å². The summed E-state index contributed by atoms with van der Waals surface area (Å²) in [5.74, 6) is -0.191. The van der Waals surface area contributed by atoms with E-state index in [1.165, 1.54) is 17.0 Å². The normalized spacial score (nSPS) is 12.2. The highest BCUT2D eigenvalue weighted by Crippen LogP contribution is 2.22. The van der Waals surface area contributed by atoms with Crippen LogP contribution in [0.2, 0.25) is 5.02 Å². The monoisotopic (exact) mass is 509 g/mol. The fourth-order valence-corrected chi connectivity index (χ4v) is 4.46. The topological polar surface area (TPSA) is 96.0 Å². The molecule has 2 aromatic rings. The average Bonchev–Trinajstić information content (AvgIpc) is 2.76. The van der Waals surface area contributed by atoms with Gasteiger partial charge in [0.25, 0.3) is 0 Å². The first-order valence-corrected chi connectivity index (χ1v) is 13.1. The number of benzene rings is 2. The molecule has 1 N–H and O–H groups in total. The first kappa shape index (κ1) is 27.5. The van der Waals surface area contributed by atoms with E-state index < -0.39 is 28.5 Å². The van der Waals surface area contributed by atoms with Crippen LogP contribution in [0.25, 0.3) is 0 Å². The third-order valence-corrected chi connectivity index (χ3v) is 6.49. The van der Waals surface area contributed by atoms with Gasteiger partial charge >= 0.3 is 0 Å². The van der Waals surface area contributed by atoms with Crippen molar-refractivity contribution in [1.82, 2.24) is 10.2 Å². The Bertz CT molecular complexity index is 1090. The Labute approximate surface area is 206 Å². The molecule has 0 unspecified atom stereocenters. The number of carbonyl (C=O) groups excluding carboxylic acids is 2. The van der Waals surface area contributed by atoms with Crippen molar-refractivity contribution >= 4 is 39.1 Å². The zero-order valence-corrected chi connectivity index (χ0v) is 21.7. The lowest BCUT2D eigenvalue weighted by Crippen LogP contribution is -2.53. The molecule has 2 aromatic carbocycles. The second-order valence-electron chi connectivity index (χ2n) is 8.21. The molecule has 2 rings (SSSR count). The van der Waals surface area contributed by atoms with E-state index in [0.717, 1.165) is 16.1 Å². The van der Waals surface area contributed by atoms with E-state index in [-0.39, 0.29) is 18.5 Å². The number of nitrogens with one attached hydrogen (secondary N) is 1. The second-order valence-corrected chi connectivity index (χ2v) is 10.5. The lowest BCUT2D eigenvalue weighted by Gasteiger charge is -2.33. The molecule has 0 fully saturated rings. The molecule has 34 heavy (non-hydrogen) atoms. The van der Waals surface area contributed by atoms with E-state index in [1.54, 1.807) is 37.4 Å². The fourth-order valence-electron chi connectivity index (χ4n) is 3.49. The van der Waals surface area contributed by atoms with Crippen LogP contribution >= 0.6 is 11.6 Å². The molecule has 0 heterocycles. The maximum Gasteiger partial charge on any atom is 0.244 e. The minimum atomic E-state index is -3.79. The zero-order valence-electron chi connectivity index (χ0n) is 20.1. The van der Waals surface area contributed by atoms with Crippen molar-refractivity contribution in [3.63, 3.8) is 0 Å². The maximum absolute atomic E-state index is 13.6. The third-order valence-electron chi connectivity index (χ3n) is 5.10. The molecule has 0 radical (unpaired) electrons. The minimum absolute atomic E-state index is 0.109. The van der Waals surface area contributed by atoms with Crippen LogP contribution in [-0.2, 0) is 26.2 Å². The fraction of sp³-hybridized carbons (Fsp3) is 0.417. The van der Waals surface area contributed by atoms with Crippen molar-refractivity contribution < 1.29 is 22.7 Å². The van der Waals surface area contributed by atoms with Crippen molar-refractivity contribution in [3.05, 3.63) is 59.1 Å². The number of amides is 2. The van der Waals surface area contributed by atoms with Gasteiger partial charge in [-0.25, -0.2) is 8.42 Å². The summed E-state index contributed by atoms with van der Waals surface area (Å²) in [7, 11) is -2.25. The number of methoxy groups -OCH3 is 1. The lowest BCUT2D eigenvalue weighted by atomic mass is 10.1. The summed E-state index contributed by atoms with van der Waals surface area (Å²) >= 11 is 5.94. The zero-order chi connectivity index (χ0) is 25.5. The highest BCUT2D eigenvalue weighted by Gasteiger charge is 2.32. The number of hydrogen-bond acceptors (Lipinski definition) is 5. The number of sulfonamides is 1. The van der Waals surface area contributed by atoms with Crippen LogP contribution < -0.4 is 14.4 Å². The molecular formula is C24H32ClN3O5S. The van der Waals surface area contributed by atoms with Crippen molar-refractivity contribution in [2.24, 2.45) is 0 Å². The Morgan fingerprint density at radius 2 is 1.76 bits per heavy atom. The van der Waals surface area contributed by atoms with Crippen LogP contribution in [0.4, 0.5) is 5.69 Å². The summed E-state index contributed by atoms with van der Waals surface area (Å²) in [6, 6.07) is 12.5. The molecule has 10 heteroatoms. The number of hydrogen-bond donors (Lipinski definition) is 1. The summed E-state index contributed by atoms with van der Waals surface area (Å²) in [5.41, 5.74) is 1.06. The smallest absolute Gasteiger partial charge is 0.244 e. The summed E-state index contributed by atoms with van der Waals surface area (Å²) in [5, 5.41) is 3.30. The first-order chi connectivity index (χ1) is 16.0. The highest BCUT2D eigenvalue weighted by atomic mass is 35.5. The summed E-state index contributed by atoms with van der Waals surface area (Å²) < 4.78 is 31.4.